The minimum Gasteiger partial charge on any atom is -0.507 e. The fourth-order valence-electron chi connectivity index (χ4n) is 4.68. The van der Waals surface area contributed by atoms with Gasteiger partial charge in [0.15, 0.2) is 5.82 Å². The second-order valence-electron chi connectivity index (χ2n) is 9.50. The van der Waals surface area contributed by atoms with Gasteiger partial charge >= 0.3 is 5.69 Å². The van der Waals surface area contributed by atoms with Crippen molar-refractivity contribution < 1.29 is 9.50 Å². The topological polar surface area (TPSA) is 79.4 Å². The Bertz CT molecular complexity index is 1510. The van der Waals surface area contributed by atoms with Gasteiger partial charge in [-0.15, -0.1) is 5.10 Å². The number of phenols is 1. The van der Waals surface area contributed by atoms with Crippen molar-refractivity contribution in [1.82, 2.24) is 24.2 Å². The maximum atomic E-state index is 14.8. The zero-order chi connectivity index (χ0) is 26.3. The summed E-state index contributed by atoms with van der Waals surface area (Å²) >= 11 is 6.51. The van der Waals surface area contributed by atoms with E-state index in [0.717, 1.165) is 26.2 Å². The summed E-state index contributed by atoms with van der Waals surface area (Å²) in [6.45, 7) is 7.83. The Morgan fingerprint density at radius 1 is 1.00 bits per heavy atom. The molecule has 0 atom stereocenters. The number of nitrogens with zero attached hydrogens (tertiary/aromatic N) is 6. The standard InChI is InChI=1S/C27H28ClFN6O2/c1-17(2)33-7-9-34(10-8-33)25-13-19(16-30-31-25)22-15-20(29)14-21(26(22)36)18-4-5-24(23(28)12-18)35-11-6-32(3)27(35)37/h4-6,11-17,36H,7-10H2,1-3H3. The summed E-state index contributed by atoms with van der Waals surface area (Å²) in [5, 5.41) is 19.9. The molecule has 2 aromatic carbocycles. The van der Waals surface area contributed by atoms with Crippen molar-refractivity contribution in [3.8, 4) is 33.7 Å². The van der Waals surface area contributed by atoms with Crippen LogP contribution in [0.1, 0.15) is 13.8 Å². The smallest absolute Gasteiger partial charge is 0.332 e. The molecule has 0 radical (unpaired) electrons. The first-order valence-electron chi connectivity index (χ1n) is 12.1. The number of aromatic hydroxyl groups is 1. The van der Waals surface area contributed by atoms with E-state index in [9.17, 15) is 14.3 Å². The number of benzene rings is 2. The summed E-state index contributed by atoms with van der Waals surface area (Å²) in [5.74, 6) is 0.0867. The highest BCUT2D eigenvalue weighted by molar-refractivity contribution is 6.32. The molecule has 0 spiro atoms. The zero-order valence-corrected chi connectivity index (χ0v) is 21.7. The fraction of sp³-hybridized carbons (Fsp3) is 0.296. The highest BCUT2D eigenvalue weighted by atomic mass is 35.5. The van der Waals surface area contributed by atoms with Crippen molar-refractivity contribution in [3.05, 3.63) is 76.3 Å². The van der Waals surface area contributed by atoms with Gasteiger partial charge in [0.2, 0.25) is 0 Å². The first-order chi connectivity index (χ1) is 17.7. The fourth-order valence-corrected chi connectivity index (χ4v) is 4.95. The largest absolute Gasteiger partial charge is 0.507 e. The third-order valence-corrected chi connectivity index (χ3v) is 7.16. The van der Waals surface area contributed by atoms with Gasteiger partial charge in [0.1, 0.15) is 11.6 Å². The van der Waals surface area contributed by atoms with E-state index in [1.165, 1.54) is 27.5 Å². The molecule has 37 heavy (non-hydrogen) atoms. The number of aromatic nitrogens is 4. The molecule has 1 saturated heterocycles. The van der Waals surface area contributed by atoms with Crippen LogP contribution in [0.4, 0.5) is 10.2 Å². The number of imidazole rings is 1. The Labute approximate surface area is 219 Å². The lowest BCUT2D eigenvalue weighted by Crippen LogP contribution is -2.49. The molecular weight excluding hydrogens is 495 g/mol. The predicted molar refractivity (Wildman–Crippen MR) is 143 cm³/mol. The second-order valence-corrected chi connectivity index (χ2v) is 9.90. The molecule has 3 heterocycles. The van der Waals surface area contributed by atoms with Gasteiger partial charge in [-0.2, -0.15) is 5.10 Å². The van der Waals surface area contributed by atoms with Crippen LogP contribution in [0.25, 0.3) is 27.9 Å². The van der Waals surface area contributed by atoms with E-state index >= 15 is 0 Å². The zero-order valence-electron chi connectivity index (χ0n) is 20.9. The van der Waals surface area contributed by atoms with Crippen LogP contribution in [0.3, 0.4) is 0 Å². The summed E-state index contributed by atoms with van der Waals surface area (Å²) in [6.07, 6.45) is 4.78. The predicted octanol–water partition coefficient (Wildman–Crippen LogP) is 4.33. The summed E-state index contributed by atoms with van der Waals surface area (Å²) in [5.41, 5.74) is 1.93. The van der Waals surface area contributed by atoms with E-state index in [0.29, 0.717) is 39.3 Å². The minimum absolute atomic E-state index is 0.0920. The van der Waals surface area contributed by atoms with Gasteiger partial charge in [-0.3, -0.25) is 9.47 Å². The molecule has 0 bridgehead atoms. The van der Waals surface area contributed by atoms with E-state index in [1.807, 2.05) is 6.07 Å². The molecule has 0 amide bonds. The Morgan fingerprint density at radius 2 is 1.70 bits per heavy atom. The first kappa shape index (κ1) is 25.0. The van der Waals surface area contributed by atoms with Gasteiger partial charge < -0.3 is 14.6 Å². The lowest BCUT2D eigenvalue weighted by Gasteiger charge is -2.37. The molecule has 1 N–H and O–H groups in total. The molecule has 1 aliphatic heterocycles. The number of halogens is 2. The maximum absolute atomic E-state index is 14.8. The van der Waals surface area contributed by atoms with E-state index in [-0.39, 0.29) is 17.0 Å². The number of phenolic OH excluding ortho intramolecular Hbond substituents is 1. The van der Waals surface area contributed by atoms with E-state index in [1.54, 1.807) is 37.6 Å². The number of hydrogen-bond acceptors (Lipinski definition) is 6. The molecular formula is C27H28ClFN6O2. The van der Waals surface area contributed by atoms with Crippen molar-refractivity contribution in [2.45, 2.75) is 19.9 Å². The van der Waals surface area contributed by atoms with Crippen LogP contribution >= 0.6 is 11.6 Å². The van der Waals surface area contributed by atoms with Gasteiger partial charge in [0.05, 0.1) is 16.9 Å². The number of piperazine rings is 1. The maximum Gasteiger partial charge on any atom is 0.332 e. The normalized spacial score (nSPS) is 14.5. The number of anilines is 1. The molecule has 1 aliphatic rings. The molecule has 0 unspecified atom stereocenters. The van der Waals surface area contributed by atoms with Crippen molar-refractivity contribution in [1.29, 1.82) is 0 Å². The monoisotopic (exact) mass is 522 g/mol. The summed E-state index contributed by atoms with van der Waals surface area (Å²) in [4.78, 5) is 16.9. The van der Waals surface area contributed by atoms with Crippen molar-refractivity contribution >= 4 is 17.4 Å². The van der Waals surface area contributed by atoms with E-state index in [4.69, 9.17) is 11.6 Å². The molecule has 1 fully saturated rings. The molecule has 192 valence electrons. The highest BCUT2D eigenvalue weighted by Crippen LogP contribution is 2.40. The van der Waals surface area contributed by atoms with Crippen LogP contribution < -0.4 is 10.6 Å². The lowest BCUT2D eigenvalue weighted by atomic mass is 9.97. The summed E-state index contributed by atoms with van der Waals surface area (Å²) in [6, 6.07) is 9.84. The summed E-state index contributed by atoms with van der Waals surface area (Å²) in [7, 11) is 1.65. The van der Waals surface area contributed by atoms with Crippen LogP contribution in [0.15, 0.2) is 59.8 Å². The van der Waals surface area contributed by atoms with Gasteiger partial charge in [-0.25, -0.2) is 9.18 Å². The SMILES string of the molecule is CC(C)N1CCN(c2cc(-c3cc(F)cc(-c4ccc(-n5ccn(C)c5=O)c(Cl)c4)c3O)cnn2)CC1. The third-order valence-electron chi connectivity index (χ3n) is 6.86. The Morgan fingerprint density at radius 3 is 2.32 bits per heavy atom. The quantitative estimate of drug-likeness (QED) is 0.420. The van der Waals surface area contributed by atoms with Crippen LogP contribution in [-0.4, -0.2) is 61.6 Å². The minimum atomic E-state index is -0.508. The average molecular weight is 523 g/mol. The molecule has 5 rings (SSSR count). The number of aryl methyl sites for hydroxylation is 1. The molecule has 8 nitrogen and oxygen atoms in total. The van der Waals surface area contributed by atoms with Gasteiger partial charge in [0, 0.05) is 68.4 Å². The number of rotatable bonds is 5. The Kier molecular flexibility index (Phi) is 6.74. The molecule has 0 saturated carbocycles. The highest BCUT2D eigenvalue weighted by Gasteiger charge is 2.22. The van der Waals surface area contributed by atoms with Crippen molar-refractivity contribution in [2.75, 3.05) is 31.1 Å². The lowest BCUT2D eigenvalue weighted by molar-refractivity contribution is 0.209. The van der Waals surface area contributed by atoms with E-state index in [2.05, 4.69) is 33.8 Å². The van der Waals surface area contributed by atoms with Gasteiger partial charge in [-0.05, 0) is 49.7 Å². The van der Waals surface area contributed by atoms with Crippen LogP contribution in [-0.2, 0) is 7.05 Å². The molecule has 0 aliphatic carbocycles. The number of hydrogen-bond donors (Lipinski definition) is 1. The Hall–Kier alpha value is -3.69. The van der Waals surface area contributed by atoms with Gasteiger partial charge in [0.25, 0.3) is 0 Å². The van der Waals surface area contributed by atoms with E-state index < -0.39 is 5.82 Å². The molecule has 2 aromatic heterocycles. The average Bonchev–Trinajstić information content (AvgIpc) is 3.23. The molecule has 10 heteroatoms. The summed E-state index contributed by atoms with van der Waals surface area (Å²) < 4.78 is 17.7. The second kappa shape index (κ2) is 9.99. The van der Waals surface area contributed by atoms with Crippen LogP contribution in [0, 0.1) is 5.82 Å². The van der Waals surface area contributed by atoms with Crippen LogP contribution in [0.5, 0.6) is 5.75 Å². The molecule has 4 aromatic rings. The van der Waals surface area contributed by atoms with Crippen molar-refractivity contribution in [2.24, 2.45) is 7.05 Å². The Balaban J connectivity index is 1.48. The van der Waals surface area contributed by atoms with Crippen LogP contribution in [0.2, 0.25) is 5.02 Å². The third kappa shape index (κ3) is 4.84. The van der Waals surface area contributed by atoms with Gasteiger partial charge in [-0.1, -0.05) is 17.7 Å². The first-order valence-corrected chi connectivity index (χ1v) is 12.5. The van der Waals surface area contributed by atoms with Crippen molar-refractivity contribution in [3.63, 3.8) is 0 Å².